The molecule has 2 heterocycles. The van der Waals surface area contributed by atoms with E-state index in [0.717, 1.165) is 5.75 Å². The Bertz CT molecular complexity index is 1060. The highest BCUT2D eigenvalue weighted by Crippen LogP contribution is 2.38. The predicted octanol–water partition coefficient (Wildman–Crippen LogP) is 5.55. The molecule has 1 saturated heterocycles. The molecule has 0 bridgehead atoms. The second-order valence-electron chi connectivity index (χ2n) is 10.1. The maximum absolute atomic E-state index is 12.9. The zero-order chi connectivity index (χ0) is 26.3. The molecule has 1 amide bonds. The molecule has 0 spiro atoms. The maximum Gasteiger partial charge on any atom is 0.351 e. The number of aromatic nitrogens is 2. The number of carbonyl (C=O) groups excluding carboxylic acids is 1. The number of hydrogen-bond donors (Lipinski definition) is 1. The molecular weight excluding hydrogens is 515 g/mol. The summed E-state index contributed by atoms with van der Waals surface area (Å²) in [5.41, 5.74) is -0.00207. The van der Waals surface area contributed by atoms with Crippen LogP contribution in [-0.2, 0) is 13.9 Å². The lowest BCUT2D eigenvalue weighted by Gasteiger charge is -2.37. The van der Waals surface area contributed by atoms with Crippen molar-refractivity contribution in [2.75, 3.05) is 23.6 Å². The monoisotopic (exact) mass is 551 g/mol. The first kappa shape index (κ1) is 28.9. The lowest BCUT2D eigenvalue weighted by molar-refractivity contribution is -0.0527. The Morgan fingerprint density at radius 2 is 1.94 bits per heavy atom. The topological polar surface area (TPSA) is 91.7 Å². The zero-order valence-electron chi connectivity index (χ0n) is 21.9. The van der Waals surface area contributed by atoms with E-state index in [-0.39, 0.29) is 29.0 Å². The fourth-order valence-corrected chi connectivity index (χ4v) is 5.77. The van der Waals surface area contributed by atoms with Gasteiger partial charge in [0.1, 0.15) is 24.1 Å². The van der Waals surface area contributed by atoms with Crippen LogP contribution in [0.2, 0.25) is 18.1 Å². The molecular formula is C25H37N3O5S2Si. The van der Waals surface area contributed by atoms with Crippen LogP contribution in [-0.4, -0.2) is 54.3 Å². The van der Waals surface area contributed by atoms with Gasteiger partial charge in [-0.05, 0) is 36.3 Å². The fraction of sp³-hybridized carbons (Fsp3) is 0.560. The lowest BCUT2D eigenvalue weighted by Crippen LogP contribution is -2.44. The van der Waals surface area contributed by atoms with E-state index >= 15 is 0 Å². The second kappa shape index (κ2) is 12.7. The van der Waals surface area contributed by atoms with Crippen LogP contribution in [0.3, 0.4) is 0 Å². The lowest BCUT2D eigenvalue weighted by atomic mass is 10.2. The molecule has 36 heavy (non-hydrogen) atoms. The quantitative estimate of drug-likeness (QED) is 0.168. The van der Waals surface area contributed by atoms with Gasteiger partial charge in [0, 0.05) is 23.9 Å². The van der Waals surface area contributed by atoms with Gasteiger partial charge in [0.15, 0.2) is 8.32 Å². The third kappa shape index (κ3) is 7.69. The average molecular weight is 552 g/mol. The van der Waals surface area contributed by atoms with Crippen LogP contribution < -0.4 is 11.0 Å². The van der Waals surface area contributed by atoms with Crippen molar-refractivity contribution in [3.63, 3.8) is 0 Å². The Kier molecular flexibility index (Phi) is 10.2. The van der Waals surface area contributed by atoms with Crippen molar-refractivity contribution in [2.24, 2.45) is 0 Å². The van der Waals surface area contributed by atoms with Crippen LogP contribution in [0.15, 0.2) is 47.4 Å². The summed E-state index contributed by atoms with van der Waals surface area (Å²) in [5.74, 6) is 1.41. The SMILES string of the molecule is CCSSCO[C@H]1C[C@H](n2ccc(NC(=O)c3ccccc3)nc2=O)O[C@@H]1CO[Si](C)(C)C(C)(C)C. The Balaban J connectivity index is 1.70. The molecule has 8 nitrogen and oxygen atoms in total. The first-order valence-electron chi connectivity index (χ1n) is 12.1. The van der Waals surface area contributed by atoms with Gasteiger partial charge in [-0.1, -0.05) is 67.5 Å². The number of rotatable bonds is 11. The summed E-state index contributed by atoms with van der Waals surface area (Å²) in [6.45, 7) is 13.5. The van der Waals surface area contributed by atoms with E-state index in [4.69, 9.17) is 13.9 Å². The van der Waals surface area contributed by atoms with Crippen LogP contribution >= 0.6 is 21.6 Å². The van der Waals surface area contributed by atoms with Gasteiger partial charge in [0.2, 0.25) is 0 Å². The smallest absolute Gasteiger partial charge is 0.351 e. The molecule has 1 aliphatic rings. The summed E-state index contributed by atoms with van der Waals surface area (Å²) in [4.78, 5) is 29.3. The molecule has 1 aromatic heterocycles. The number of anilines is 1. The third-order valence-electron chi connectivity index (χ3n) is 6.54. The number of ether oxygens (including phenoxy) is 2. The molecule has 3 rings (SSSR count). The van der Waals surface area contributed by atoms with E-state index in [1.54, 1.807) is 58.1 Å². The highest BCUT2D eigenvalue weighted by atomic mass is 33.1. The first-order valence-corrected chi connectivity index (χ1v) is 17.5. The molecule has 1 fully saturated rings. The summed E-state index contributed by atoms with van der Waals surface area (Å²) in [6, 6.07) is 10.4. The van der Waals surface area contributed by atoms with E-state index in [0.29, 0.717) is 24.5 Å². The van der Waals surface area contributed by atoms with E-state index < -0.39 is 20.2 Å². The summed E-state index contributed by atoms with van der Waals surface area (Å²) in [7, 11) is 1.43. The number of nitrogens with zero attached hydrogens (tertiary/aromatic N) is 2. The van der Waals surface area contributed by atoms with Gasteiger partial charge < -0.3 is 19.2 Å². The molecule has 3 atom stereocenters. The van der Waals surface area contributed by atoms with Crippen LogP contribution in [0.1, 0.15) is 50.7 Å². The molecule has 0 unspecified atom stereocenters. The van der Waals surface area contributed by atoms with Gasteiger partial charge in [-0.2, -0.15) is 4.98 Å². The average Bonchev–Trinajstić information content (AvgIpc) is 3.23. The third-order valence-corrected chi connectivity index (χ3v) is 13.2. The zero-order valence-corrected chi connectivity index (χ0v) is 24.5. The van der Waals surface area contributed by atoms with Gasteiger partial charge in [-0.15, -0.1) is 0 Å². The highest BCUT2D eigenvalue weighted by molar-refractivity contribution is 8.76. The van der Waals surface area contributed by atoms with E-state index in [2.05, 4.69) is 51.1 Å². The predicted molar refractivity (Wildman–Crippen MR) is 150 cm³/mol. The van der Waals surface area contributed by atoms with Crippen LogP contribution in [0, 0.1) is 0 Å². The summed E-state index contributed by atoms with van der Waals surface area (Å²) >= 11 is 0. The van der Waals surface area contributed by atoms with E-state index in [1.807, 2.05) is 6.07 Å². The molecule has 0 saturated carbocycles. The molecule has 0 aliphatic carbocycles. The van der Waals surface area contributed by atoms with Crippen molar-refractivity contribution in [3.05, 3.63) is 58.6 Å². The van der Waals surface area contributed by atoms with Gasteiger partial charge >= 0.3 is 5.69 Å². The van der Waals surface area contributed by atoms with Crippen molar-refractivity contribution in [3.8, 4) is 0 Å². The van der Waals surface area contributed by atoms with Crippen LogP contribution in [0.4, 0.5) is 5.82 Å². The summed E-state index contributed by atoms with van der Waals surface area (Å²) < 4.78 is 20.3. The Labute approximate surface area is 222 Å². The minimum Gasteiger partial charge on any atom is -0.414 e. The van der Waals surface area contributed by atoms with E-state index in [9.17, 15) is 9.59 Å². The number of amides is 1. The van der Waals surface area contributed by atoms with Crippen molar-refractivity contribution in [1.82, 2.24) is 9.55 Å². The van der Waals surface area contributed by atoms with Gasteiger partial charge in [-0.25, -0.2) is 4.79 Å². The standard InChI is InChI=1S/C25H37N3O5S2Si/c1-7-34-35-17-31-19-15-22(33-20(19)16-32-36(5,6)25(2,3)4)28-14-13-21(27-24(28)30)26-23(29)18-11-9-8-10-12-18/h8-14,19-20,22H,7,15-17H2,1-6H3,(H,26,27,29,30)/t19-,20+,22+/m0/s1. The molecule has 198 valence electrons. The second-order valence-corrected chi connectivity index (χ2v) is 17.6. The molecule has 1 N–H and O–H groups in total. The van der Waals surface area contributed by atoms with E-state index in [1.165, 1.54) is 4.57 Å². The largest absolute Gasteiger partial charge is 0.414 e. The molecule has 2 aromatic rings. The Morgan fingerprint density at radius 3 is 2.58 bits per heavy atom. The number of benzene rings is 1. The minimum atomic E-state index is -1.98. The minimum absolute atomic E-state index is 0.0792. The van der Waals surface area contributed by atoms with Gasteiger partial charge in [-0.3, -0.25) is 9.36 Å². The normalized spacial score (nSPS) is 20.4. The van der Waals surface area contributed by atoms with Crippen molar-refractivity contribution >= 4 is 41.6 Å². The maximum atomic E-state index is 12.9. The van der Waals surface area contributed by atoms with Gasteiger partial charge in [0.05, 0.1) is 12.7 Å². The fourth-order valence-electron chi connectivity index (χ4n) is 3.42. The first-order chi connectivity index (χ1) is 17.0. The summed E-state index contributed by atoms with van der Waals surface area (Å²) in [6.07, 6.45) is 1.11. The Morgan fingerprint density at radius 1 is 1.22 bits per heavy atom. The van der Waals surface area contributed by atoms with Crippen molar-refractivity contribution in [2.45, 2.75) is 70.7 Å². The molecule has 1 aromatic carbocycles. The molecule has 1 aliphatic heterocycles. The molecule has 0 radical (unpaired) electrons. The van der Waals surface area contributed by atoms with Crippen LogP contribution in [0.25, 0.3) is 0 Å². The number of carbonyl (C=O) groups is 1. The summed E-state index contributed by atoms with van der Waals surface area (Å²) in [5, 5.41) is 2.76. The Hall–Kier alpha value is -1.63. The number of nitrogens with one attached hydrogen (secondary N) is 1. The van der Waals surface area contributed by atoms with Crippen LogP contribution in [0.5, 0.6) is 0 Å². The highest BCUT2D eigenvalue weighted by Gasteiger charge is 2.42. The van der Waals surface area contributed by atoms with Gasteiger partial charge in [0.25, 0.3) is 5.91 Å². The number of hydrogen-bond acceptors (Lipinski definition) is 8. The molecule has 11 heteroatoms. The van der Waals surface area contributed by atoms with Crippen molar-refractivity contribution in [1.29, 1.82) is 0 Å². The van der Waals surface area contributed by atoms with Crippen molar-refractivity contribution < 1.29 is 18.7 Å².